The molecule has 1 unspecified atom stereocenters. The molecular formula is C13H20N4O. The Bertz CT molecular complexity index is 421. The van der Waals surface area contributed by atoms with E-state index < -0.39 is 0 Å². The van der Waals surface area contributed by atoms with Gasteiger partial charge >= 0.3 is 0 Å². The molecule has 2 heterocycles. The second-order valence-electron chi connectivity index (χ2n) is 4.73. The van der Waals surface area contributed by atoms with Gasteiger partial charge in [0.25, 0.3) is 5.91 Å². The van der Waals surface area contributed by atoms with Crippen LogP contribution in [-0.2, 0) is 0 Å². The van der Waals surface area contributed by atoms with Crippen molar-refractivity contribution in [3.8, 4) is 0 Å². The maximum absolute atomic E-state index is 11.9. The standard InChI is InChI=1S/C13H20N4O/c1-2-17-6-4-10(9-17)8-16-13(18)12-7-11(14)3-5-15-12/h3,5,7,10H,2,4,6,8-9H2,1H3,(H2,14,15)(H,16,18). The molecule has 0 aliphatic carbocycles. The highest BCUT2D eigenvalue weighted by Crippen LogP contribution is 2.14. The second-order valence-corrected chi connectivity index (χ2v) is 4.73. The summed E-state index contributed by atoms with van der Waals surface area (Å²) in [6, 6.07) is 3.27. The van der Waals surface area contributed by atoms with E-state index in [1.54, 1.807) is 18.3 Å². The predicted molar refractivity (Wildman–Crippen MR) is 71.2 cm³/mol. The van der Waals surface area contributed by atoms with E-state index in [1.165, 1.54) is 0 Å². The van der Waals surface area contributed by atoms with Crippen LogP contribution in [0.25, 0.3) is 0 Å². The number of carbonyl (C=O) groups is 1. The Morgan fingerprint density at radius 3 is 3.17 bits per heavy atom. The van der Waals surface area contributed by atoms with Crippen LogP contribution < -0.4 is 11.1 Å². The monoisotopic (exact) mass is 248 g/mol. The van der Waals surface area contributed by atoms with E-state index in [0.717, 1.165) is 26.1 Å². The number of rotatable bonds is 4. The summed E-state index contributed by atoms with van der Waals surface area (Å²) in [6.07, 6.45) is 2.71. The van der Waals surface area contributed by atoms with Gasteiger partial charge in [0.1, 0.15) is 5.69 Å². The minimum atomic E-state index is -0.141. The van der Waals surface area contributed by atoms with Crippen LogP contribution in [0.1, 0.15) is 23.8 Å². The number of likely N-dealkylation sites (tertiary alicyclic amines) is 1. The molecule has 5 heteroatoms. The Balaban J connectivity index is 1.82. The summed E-state index contributed by atoms with van der Waals surface area (Å²) in [7, 11) is 0. The van der Waals surface area contributed by atoms with Crippen LogP contribution in [0, 0.1) is 5.92 Å². The Labute approximate surface area is 107 Å². The number of anilines is 1. The van der Waals surface area contributed by atoms with Crippen molar-refractivity contribution in [2.45, 2.75) is 13.3 Å². The summed E-state index contributed by atoms with van der Waals surface area (Å²) in [5, 5.41) is 2.93. The van der Waals surface area contributed by atoms with Crippen LogP contribution in [0.4, 0.5) is 5.69 Å². The first-order valence-electron chi connectivity index (χ1n) is 6.41. The third kappa shape index (κ3) is 3.20. The van der Waals surface area contributed by atoms with E-state index in [0.29, 0.717) is 23.8 Å². The number of pyridine rings is 1. The molecule has 1 aliphatic rings. The molecule has 1 aromatic rings. The number of nitrogens with one attached hydrogen (secondary N) is 1. The summed E-state index contributed by atoms with van der Waals surface area (Å²) >= 11 is 0. The molecule has 2 rings (SSSR count). The molecule has 0 aromatic carbocycles. The fourth-order valence-corrected chi connectivity index (χ4v) is 2.27. The lowest BCUT2D eigenvalue weighted by Gasteiger charge is -2.13. The largest absolute Gasteiger partial charge is 0.399 e. The minimum absolute atomic E-state index is 0.141. The number of nitrogens with two attached hydrogens (primary N) is 1. The van der Waals surface area contributed by atoms with Gasteiger partial charge in [-0.15, -0.1) is 0 Å². The van der Waals surface area contributed by atoms with Crippen LogP contribution in [0.3, 0.4) is 0 Å². The van der Waals surface area contributed by atoms with Gasteiger partial charge in [0.15, 0.2) is 0 Å². The van der Waals surface area contributed by atoms with Crippen LogP contribution in [0.15, 0.2) is 18.3 Å². The molecule has 98 valence electrons. The SMILES string of the molecule is CCN1CCC(CNC(=O)c2cc(N)ccn2)C1. The highest BCUT2D eigenvalue weighted by Gasteiger charge is 2.21. The molecule has 1 amide bonds. The molecule has 1 saturated heterocycles. The number of hydrogen-bond acceptors (Lipinski definition) is 4. The summed E-state index contributed by atoms with van der Waals surface area (Å²) in [5.74, 6) is 0.409. The quantitative estimate of drug-likeness (QED) is 0.824. The van der Waals surface area contributed by atoms with Gasteiger partial charge in [0.05, 0.1) is 0 Å². The van der Waals surface area contributed by atoms with Gasteiger partial charge in [-0.2, -0.15) is 0 Å². The number of hydrogen-bond donors (Lipinski definition) is 2. The van der Waals surface area contributed by atoms with Crippen molar-refractivity contribution in [3.05, 3.63) is 24.0 Å². The number of carbonyl (C=O) groups excluding carboxylic acids is 1. The number of amides is 1. The highest BCUT2D eigenvalue weighted by molar-refractivity contribution is 5.92. The molecule has 0 bridgehead atoms. The van der Waals surface area contributed by atoms with Crippen molar-refractivity contribution >= 4 is 11.6 Å². The van der Waals surface area contributed by atoms with Crippen molar-refractivity contribution in [1.82, 2.24) is 15.2 Å². The Kier molecular flexibility index (Phi) is 4.15. The molecule has 1 fully saturated rings. The molecule has 0 radical (unpaired) electrons. The number of nitrogen functional groups attached to an aromatic ring is 1. The second kappa shape index (κ2) is 5.82. The molecular weight excluding hydrogens is 228 g/mol. The van der Waals surface area contributed by atoms with E-state index >= 15 is 0 Å². The first-order chi connectivity index (χ1) is 8.69. The van der Waals surface area contributed by atoms with Gasteiger partial charge < -0.3 is 16.0 Å². The van der Waals surface area contributed by atoms with E-state index in [2.05, 4.69) is 22.1 Å². The van der Waals surface area contributed by atoms with Gasteiger partial charge in [-0.05, 0) is 37.6 Å². The van der Waals surface area contributed by atoms with Gasteiger partial charge in [-0.25, -0.2) is 0 Å². The lowest BCUT2D eigenvalue weighted by Crippen LogP contribution is -2.31. The van der Waals surface area contributed by atoms with Crippen LogP contribution in [0.2, 0.25) is 0 Å². The predicted octanol–water partition coefficient (Wildman–Crippen LogP) is 0.735. The topological polar surface area (TPSA) is 71.2 Å². The van der Waals surface area contributed by atoms with Crippen molar-refractivity contribution in [2.24, 2.45) is 5.92 Å². The molecule has 1 aliphatic heterocycles. The van der Waals surface area contributed by atoms with Crippen molar-refractivity contribution < 1.29 is 4.79 Å². The van der Waals surface area contributed by atoms with Crippen molar-refractivity contribution in [1.29, 1.82) is 0 Å². The molecule has 18 heavy (non-hydrogen) atoms. The average Bonchev–Trinajstić information content (AvgIpc) is 2.84. The maximum atomic E-state index is 11.9. The van der Waals surface area contributed by atoms with Gasteiger partial charge in [-0.1, -0.05) is 6.92 Å². The Morgan fingerprint density at radius 2 is 2.50 bits per heavy atom. The van der Waals surface area contributed by atoms with Crippen molar-refractivity contribution in [2.75, 3.05) is 31.9 Å². The zero-order chi connectivity index (χ0) is 13.0. The average molecular weight is 248 g/mol. The molecule has 5 nitrogen and oxygen atoms in total. The summed E-state index contributed by atoms with van der Waals surface area (Å²) in [4.78, 5) is 18.3. The van der Waals surface area contributed by atoms with E-state index in [9.17, 15) is 4.79 Å². The zero-order valence-electron chi connectivity index (χ0n) is 10.7. The highest BCUT2D eigenvalue weighted by atomic mass is 16.1. The molecule has 1 atom stereocenters. The maximum Gasteiger partial charge on any atom is 0.269 e. The lowest BCUT2D eigenvalue weighted by atomic mass is 10.1. The van der Waals surface area contributed by atoms with Crippen molar-refractivity contribution in [3.63, 3.8) is 0 Å². The number of aromatic nitrogens is 1. The molecule has 0 spiro atoms. The summed E-state index contributed by atoms with van der Waals surface area (Å²) < 4.78 is 0. The third-order valence-corrected chi connectivity index (χ3v) is 3.39. The summed E-state index contributed by atoms with van der Waals surface area (Å²) in [6.45, 7) is 6.17. The molecule has 3 N–H and O–H groups in total. The lowest BCUT2D eigenvalue weighted by molar-refractivity contribution is 0.0942. The fourth-order valence-electron chi connectivity index (χ4n) is 2.27. The van der Waals surface area contributed by atoms with E-state index in [-0.39, 0.29) is 5.91 Å². The molecule has 0 saturated carbocycles. The molecule has 1 aromatic heterocycles. The van der Waals surface area contributed by atoms with Gasteiger partial charge in [-0.3, -0.25) is 9.78 Å². The third-order valence-electron chi connectivity index (χ3n) is 3.39. The van der Waals surface area contributed by atoms with E-state index in [1.807, 2.05) is 0 Å². The first-order valence-corrected chi connectivity index (χ1v) is 6.41. The van der Waals surface area contributed by atoms with Crippen LogP contribution >= 0.6 is 0 Å². The minimum Gasteiger partial charge on any atom is -0.399 e. The summed E-state index contributed by atoms with van der Waals surface area (Å²) in [5.41, 5.74) is 6.58. The fraction of sp³-hybridized carbons (Fsp3) is 0.538. The van der Waals surface area contributed by atoms with Crippen LogP contribution in [0.5, 0.6) is 0 Å². The number of nitrogens with zero attached hydrogens (tertiary/aromatic N) is 2. The van der Waals surface area contributed by atoms with E-state index in [4.69, 9.17) is 5.73 Å². The van der Waals surface area contributed by atoms with Gasteiger partial charge in [0, 0.05) is 25.0 Å². The Hall–Kier alpha value is -1.62. The normalized spacial score (nSPS) is 19.9. The zero-order valence-corrected chi connectivity index (χ0v) is 10.7. The first kappa shape index (κ1) is 12.8. The van der Waals surface area contributed by atoms with Crippen LogP contribution in [-0.4, -0.2) is 42.0 Å². The smallest absolute Gasteiger partial charge is 0.269 e. The Morgan fingerprint density at radius 1 is 1.67 bits per heavy atom. The van der Waals surface area contributed by atoms with Gasteiger partial charge in [0.2, 0.25) is 0 Å².